The minimum atomic E-state index is -0.213. The number of nitrogens with zero attached hydrogens (tertiary/aromatic N) is 3. The zero-order valence-corrected chi connectivity index (χ0v) is 16.4. The molecule has 1 atom stereocenters. The van der Waals surface area contributed by atoms with E-state index in [0.29, 0.717) is 16.9 Å². The van der Waals surface area contributed by atoms with Crippen molar-refractivity contribution in [1.82, 2.24) is 20.1 Å². The van der Waals surface area contributed by atoms with E-state index in [1.165, 1.54) is 16.2 Å². The summed E-state index contributed by atoms with van der Waals surface area (Å²) in [5, 5.41) is 11.3. The summed E-state index contributed by atoms with van der Waals surface area (Å²) in [6.07, 6.45) is 4.11. The van der Waals surface area contributed by atoms with Crippen molar-refractivity contribution in [3.05, 3.63) is 39.8 Å². The third-order valence-corrected chi connectivity index (χ3v) is 6.37. The molecule has 0 aliphatic carbocycles. The van der Waals surface area contributed by atoms with Crippen LogP contribution in [0.3, 0.4) is 0 Å². The van der Waals surface area contributed by atoms with E-state index < -0.39 is 0 Å². The van der Waals surface area contributed by atoms with Gasteiger partial charge in [0.15, 0.2) is 10.8 Å². The molecule has 6 nitrogen and oxygen atoms in total. The van der Waals surface area contributed by atoms with E-state index in [1.54, 1.807) is 17.4 Å². The summed E-state index contributed by atoms with van der Waals surface area (Å²) >= 11 is 3.21. The van der Waals surface area contributed by atoms with Crippen molar-refractivity contribution >= 4 is 33.7 Å². The fraction of sp³-hybridized carbons (Fsp3) is 0.389. The number of carbonyl (C=O) groups is 1. The molecule has 26 heavy (non-hydrogen) atoms. The monoisotopic (exact) mass is 387 g/mol. The van der Waals surface area contributed by atoms with Gasteiger partial charge >= 0.3 is 0 Å². The van der Waals surface area contributed by atoms with E-state index >= 15 is 0 Å². The van der Waals surface area contributed by atoms with Crippen molar-refractivity contribution in [1.29, 1.82) is 0 Å². The lowest BCUT2D eigenvalue weighted by atomic mass is 10.1. The Morgan fingerprint density at radius 2 is 2.19 bits per heavy atom. The molecule has 1 unspecified atom stereocenters. The van der Waals surface area contributed by atoms with Crippen LogP contribution in [0.1, 0.15) is 39.1 Å². The molecule has 136 valence electrons. The number of rotatable bonds is 4. The molecule has 0 bridgehead atoms. The molecule has 1 amide bonds. The first-order valence-electron chi connectivity index (χ1n) is 8.71. The molecular weight excluding hydrogens is 366 g/mol. The maximum atomic E-state index is 12.5. The SMILES string of the molecule is Cc1ccc(-c2nc(NC(=O)c3ccn(C4CCCNC4)n3)sc2C)s1. The molecule has 0 radical (unpaired) electrons. The standard InChI is InChI=1S/C18H21N5OS2/c1-11-5-6-15(25-11)16-12(2)26-18(20-16)21-17(24)14-7-9-23(22-14)13-4-3-8-19-10-13/h5-7,9,13,19H,3-4,8,10H2,1-2H3,(H,20,21,24). The van der Waals surface area contributed by atoms with Gasteiger partial charge in [0.2, 0.25) is 0 Å². The van der Waals surface area contributed by atoms with Gasteiger partial charge in [-0.1, -0.05) is 0 Å². The summed E-state index contributed by atoms with van der Waals surface area (Å²) in [5.41, 5.74) is 1.37. The summed E-state index contributed by atoms with van der Waals surface area (Å²) in [6.45, 7) is 6.07. The van der Waals surface area contributed by atoms with Crippen LogP contribution in [0.25, 0.3) is 10.6 Å². The van der Waals surface area contributed by atoms with Gasteiger partial charge in [-0.2, -0.15) is 5.10 Å². The van der Waals surface area contributed by atoms with Crippen molar-refractivity contribution < 1.29 is 4.79 Å². The van der Waals surface area contributed by atoms with Gasteiger partial charge in [-0.15, -0.1) is 22.7 Å². The van der Waals surface area contributed by atoms with E-state index in [9.17, 15) is 4.79 Å². The Bertz CT molecular complexity index is 920. The second-order valence-corrected chi connectivity index (χ2v) is 8.96. The van der Waals surface area contributed by atoms with Crippen LogP contribution in [0.15, 0.2) is 24.4 Å². The Morgan fingerprint density at radius 1 is 1.31 bits per heavy atom. The predicted molar refractivity (Wildman–Crippen MR) is 106 cm³/mol. The maximum Gasteiger partial charge on any atom is 0.277 e. The van der Waals surface area contributed by atoms with Crippen LogP contribution in [0.5, 0.6) is 0 Å². The molecule has 4 heterocycles. The summed E-state index contributed by atoms with van der Waals surface area (Å²) in [7, 11) is 0. The lowest BCUT2D eigenvalue weighted by Crippen LogP contribution is -2.32. The summed E-state index contributed by atoms with van der Waals surface area (Å²) < 4.78 is 1.90. The molecule has 1 aliphatic heterocycles. The van der Waals surface area contributed by atoms with Crippen LogP contribution >= 0.6 is 22.7 Å². The number of piperidine rings is 1. The fourth-order valence-corrected chi connectivity index (χ4v) is 4.93. The van der Waals surface area contributed by atoms with Crippen molar-refractivity contribution in [2.75, 3.05) is 18.4 Å². The number of aryl methyl sites for hydroxylation is 2. The minimum absolute atomic E-state index is 0.213. The van der Waals surface area contributed by atoms with E-state index in [-0.39, 0.29) is 5.91 Å². The highest BCUT2D eigenvalue weighted by Crippen LogP contribution is 2.34. The highest BCUT2D eigenvalue weighted by Gasteiger charge is 2.19. The molecule has 1 aliphatic rings. The van der Waals surface area contributed by atoms with Crippen molar-refractivity contribution in [3.8, 4) is 10.6 Å². The van der Waals surface area contributed by atoms with Crippen LogP contribution in [0, 0.1) is 13.8 Å². The molecule has 0 aromatic carbocycles. The Hall–Kier alpha value is -2.03. The Balaban J connectivity index is 1.47. The molecule has 1 saturated heterocycles. The first kappa shape index (κ1) is 17.4. The van der Waals surface area contributed by atoms with Gasteiger partial charge in [0, 0.05) is 22.5 Å². The molecule has 8 heteroatoms. The normalized spacial score (nSPS) is 17.4. The van der Waals surface area contributed by atoms with Crippen molar-refractivity contribution in [2.24, 2.45) is 0 Å². The van der Waals surface area contributed by atoms with Crippen LogP contribution in [-0.2, 0) is 0 Å². The van der Waals surface area contributed by atoms with Gasteiger partial charge in [-0.25, -0.2) is 4.98 Å². The van der Waals surface area contributed by atoms with Gasteiger partial charge in [-0.05, 0) is 51.4 Å². The van der Waals surface area contributed by atoms with Crippen LogP contribution in [0.4, 0.5) is 5.13 Å². The highest BCUT2D eigenvalue weighted by molar-refractivity contribution is 7.18. The largest absolute Gasteiger partial charge is 0.315 e. The molecule has 3 aromatic heterocycles. The topological polar surface area (TPSA) is 71.8 Å². The Morgan fingerprint density at radius 3 is 2.92 bits per heavy atom. The highest BCUT2D eigenvalue weighted by atomic mass is 32.1. The zero-order valence-electron chi connectivity index (χ0n) is 14.8. The molecule has 2 N–H and O–H groups in total. The second-order valence-electron chi connectivity index (χ2n) is 6.47. The van der Waals surface area contributed by atoms with E-state index in [0.717, 1.165) is 41.4 Å². The zero-order chi connectivity index (χ0) is 18.1. The van der Waals surface area contributed by atoms with Gasteiger partial charge < -0.3 is 5.32 Å². The van der Waals surface area contributed by atoms with E-state index in [1.807, 2.05) is 17.8 Å². The summed E-state index contributed by atoms with van der Waals surface area (Å²) in [4.78, 5) is 20.6. The van der Waals surface area contributed by atoms with Crippen LogP contribution < -0.4 is 10.6 Å². The number of amides is 1. The molecule has 0 saturated carbocycles. The number of thiazole rings is 1. The van der Waals surface area contributed by atoms with Gasteiger partial charge in [0.05, 0.1) is 16.6 Å². The summed E-state index contributed by atoms with van der Waals surface area (Å²) in [6, 6.07) is 6.26. The van der Waals surface area contributed by atoms with Crippen molar-refractivity contribution in [2.45, 2.75) is 32.7 Å². The number of hydrogen-bond donors (Lipinski definition) is 2. The number of anilines is 1. The Kier molecular flexibility index (Phi) is 4.88. The number of thiophene rings is 1. The predicted octanol–water partition coefficient (Wildman–Crippen LogP) is 3.86. The van der Waals surface area contributed by atoms with E-state index in [4.69, 9.17) is 0 Å². The lowest BCUT2D eigenvalue weighted by molar-refractivity contribution is 0.102. The third-order valence-electron chi connectivity index (χ3n) is 4.48. The van der Waals surface area contributed by atoms with Crippen LogP contribution in [0.2, 0.25) is 0 Å². The first-order chi connectivity index (χ1) is 12.6. The average Bonchev–Trinajstić information content (AvgIpc) is 3.36. The van der Waals surface area contributed by atoms with Crippen LogP contribution in [-0.4, -0.2) is 33.8 Å². The molecule has 3 aromatic rings. The van der Waals surface area contributed by atoms with Gasteiger partial charge in [-0.3, -0.25) is 14.8 Å². The molecule has 1 fully saturated rings. The van der Waals surface area contributed by atoms with Gasteiger partial charge in [0.1, 0.15) is 0 Å². The smallest absolute Gasteiger partial charge is 0.277 e. The molecule has 4 rings (SSSR count). The number of nitrogens with one attached hydrogen (secondary N) is 2. The van der Waals surface area contributed by atoms with Crippen molar-refractivity contribution in [3.63, 3.8) is 0 Å². The Labute approximate surface area is 160 Å². The first-order valence-corrected chi connectivity index (χ1v) is 10.3. The average molecular weight is 388 g/mol. The number of aromatic nitrogens is 3. The quantitative estimate of drug-likeness (QED) is 0.713. The number of hydrogen-bond acceptors (Lipinski definition) is 6. The molecule has 0 spiro atoms. The lowest BCUT2D eigenvalue weighted by Gasteiger charge is -2.22. The fourth-order valence-electron chi connectivity index (χ4n) is 3.12. The summed E-state index contributed by atoms with van der Waals surface area (Å²) in [5.74, 6) is -0.213. The second kappa shape index (κ2) is 7.30. The van der Waals surface area contributed by atoms with Gasteiger partial charge in [0.25, 0.3) is 5.91 Å². The minimum Gasteiger partial charge on any atom is -0.315 e. The maximum absolute atomic E-state index is 12.5. The van der Waals surface area contributed by atoms with E-state index in [2.05, 4.69) is 39.8 Å². The number of carbonyl (C=O) groups excluding carboxylic acids is 1. The molecular formula is C18H21N5OS2. The third kappa shape index (κ3) is 3.58.